The Bertz CT molecular complexity index is 3160. The smallest absolute Gasteiger partial charge is 0.164 e. The summed E-state index contributed by atoms with van der Waals surface area (Å²) in [7, 11) is 0. The number of rotatable bonds is 4. The van der Waals surface area contributed by atoms with Gasteiger partial charge >= 0.3 is 0 Å². The molecule has 0 radical (unpaired) electrons. The normalized spacial score (nSPS) is 13.3. The third-order valence-electron chi connectivity index (χ3n) is 11.6. The van der Waals surface area contributed by atoms with Crippen LogP contribution in [0.5, 0.6) is 0 Å². The quantitative estimate of drug-likeness (QED) is 0.179. The second-order valence-electron chi connectivity index (χ2n) is 14.7. The van der Waals surface area contributed by atoms with Crippen LogP contribution in [0.25, 0.3) is 76.6 Å². The summed E-state index contributed by atoms with van der Waals surface area (Å²) in [6.45, 7) is 0. The molecule has 3 nitrogen and oxygen atoms in total. The van der Waals surface area contributed by atoms with E-state index in [1.165, 1.54) is 68.9 Å². The van der Waals surface area contributed by atoms with Crippen molar-refractivity contribution in [1.29, 1.82) is 0 Å². The fourth-order valence-electron chi connectivity index (χ4n) is 9.14. The molecule has 0 fully saturated rings. The Balaban J connectivity index is 1.08. The Morgan fingerprint density at radius 1 is 0.351 bits per heavy atom. The zero-order chi connectivity index (χ0) is 37.5. The number of thiophene rings is 1. The van der Waals surface area contributed by atoms with Gasteiger partial charge in [-0.05, 0) is 68.8 Å². The topological polar surface area (TPSA) is 38.7 Å². The van der Waals surface area contributed by atoms with E-state index in [0.29, 0.717) is 17.5 Å². The van der Waals surface area contributed by atoms with Gasteiger partial charge in [0, 0.05) is 46.7 Å². The molecule has 2 aromatic heterocycles. The lowest BCUT2D eigenvalue weighted by atomic mass is 9.67. The van der Waals surface area contributed by atoms with Crippen molar-refractivity contribution < 1.29 is 0 Å². The van der Waals surface area contributed by atoms with E-state index in [-0.39, 0.29) is 0 Å². The highest BCUT2D eigenvalue weighted by Crippen LogP contribution is 2.63. The SMILES string of the molecule is c1ccc(-c2ccc(-c3nc(-c4ccccc4)nc(-c4cccc5sc6cc7c(cc6c45)Sc4ccccc4C74c5ccccc5-c5ccccc54)n3)cc2)cc1. The molecule has 2 aliphatic rings. The van der Waals surface area contributed by atoms with Crippen LogP contribution in [0.4, 0.5) is 0 Å². The maximum absolute atomic E-state index is 5.24. The Kier molecular flexibility index (Phi) is 7.25. The lowest BCUT2D eigenvalue weighted by Gasteiger charge is -2.39. The standard InChI is InChI=1S/C52H31N3S2/c1-3-14-32(15-4-1)33-26-28-35(29-27-33)50-53-49(34-16-5-2-6-17-34)54-51(55-50)38-20-13-25-45-48(38)39-30-47-43(31-46(39)57-45)52(42-23-11-12-24-44(42)56-47)40-21-9-7-18-36(40)37-19-8-10-22-41(37)52/h1-31H. The van der Waals surface area contributed by atoms with Crippen molar-refractivity contribution in [2.75, 3.05) is 0 Å². The van der Waals surface area contributed by atoms with E-state index in [0.717, 1.165) is 22.3 Å². The average Bonchev–Trinajstić information content (AvgIpc) is 3.80. The maximum atomic E-state index is 5.24. The zero-order valence-corrected chi connectivity index (χ0v) is 32.2. The van der Waals surface area contributed by atoms with Crippen molar-refractivity contribution in [3.8, 4) is 56.4 Å². The molecule has 3 heterocycles. The Labute approximate surface area is 338 Å². The number of nitrogens with zero attached hydrogens (tertiary/aromatic N) is 3. The van der Waals surface area contributed by atoms with Crippen LogP contribution in [0.3, 0.4) is 0 Å². The summed E-state index contributed by atoms with van der Waals surface area (Å²) in [6.07, 6.45) is 0. The van der Waals surface area contributed by atoms with Gasteiger partial charge in [0.05, 0.1) is 5.41 Å². The van der Waals surface area contributed by atoms with Gasteiger partial charge in [0.25, 0.3) is 0 Å². The van der Waals surface area contributed by atoms with E-state index in [2.05, 4.69) is 164 Å². The van der Waals surface area contributed by atoms with E-state index in [1.54, 1.807) is 0 Å². The van der Waals surface area contributed by atoms with Gasteiger partial charge in [-0.2, -0.15) is 0 Å². The summed E-state index contributed by atoms with van der Waals surface area (Å²) in [4.78, 5) is 18.1. The number of benzene rings is 8. The molecule has 0 atom stereocenters. The minimum Gasteiger partial charge on any atom is -0.208 e. The molecule has 8 aromatic carbocycles. The van der Waals surface area contributed by atoms with Crippen LogP contribution in [0, 0.1) is 0 Å². The van der Waals surface area contributed by atoms with E-state index in [4.69, 9.17) is 15.0 Å². The highest BCUT2D eigenvalue weighted by atomic mass is 32.2. The van der Waals surface area contributed by atoms with Gasteiger partial charge in [0.15, 0.2) is 17.5 Å². The number of hydrogen-bond acceptors (Lipinski definition) is 5. The summed E-state index contributed by atoms with van der Waals surface area (Å²) >= 11 is 3.73. The largest absolute Gasteiger partial charge is 0.208 e. The van der Waals surface area contributed by atoms with E-state index < -0.39 is 5.41 Å². The molecule has 0 amide bonds. The molecule has 0 bridgehead atoms. The van der Waals surface area contributed by atoms with Crippen molar-refractivity contribution >= 4 is 43.3 Å². The molecule has 10 aromatic rings. The van der Waals surface area contributed by atoms with Gasteiger partial charge in [0.1, 0.15) is 0 Å². The van der Waals surface area contributed by atoms with Crippen LogP contribution >= 0.6 is 23.1 Å². The lowest BCUT2D eigenvalue weighted by Crippen LogP contribution is -2.31. The molecule has 0 saturated carbocycles. The molecule has 12 rings (SSSR count). The number of fused-ring (bicyclic) bond motifs is 12. The van der Waals surface area contributed by atoms with Gasteiger partial charge in [-0.25, -0.2) is 15.0 Å². The van der Waals surface area contributed by atoms with Gasteiger partial charge in [-0.3, -0.25) is 0 Å². The molecular weight excluding hydrogens is 731 g/mol. The molecule has 266 valence electrons. The third-order valence-corrected chi connectivity index (χ3v) is 13.9. The van der Waals surface area contributed by atoms with Crippen LogP contribution in [0.15, 0.2) is 198 Å². The fraction of sp³-hybridized carbons (Fsp3) is 0.0192. The number of hydrogen-bond donors (Lipinski definition) is 0. The van der Waals surface area contributed by atoms with Gasteiger partial charge in [-0.1, -0.05) is 176 Å². The second kappa shape index (κ2) is 12.7. The zero-order valence-electron chi connectivity index (χ0n) is 30.6. The molecule has 0 N–H and O–H groups in total. The molecule has 1 spiro atoms. The van der Waals surface area contributed by atoms with Crippen molar-refractivity contribution in [2.45, 2.75) is 15.2 Å². The van der Waals surface area contributed by atoms with E-state index >= 15 is 0 Å². The Morgan fingerprint density at radius 2 is 0.877 bits per heavy atom. The molecule has 5 heteroatoms. The summed E-state index contributed by atoms with van der Waals surface area (Å²) in [6, 6.07) is 67.7. The monoisotopic (exact) mass is 761 g/mol. The van der Waals surface area contributed by atoms with Gasteiger partial charge < -0.3 is 0 Å². The van der Waals surface area contributed by atoms with Crippen molar-refractivity contribution in [1.82, 2.24) is 15.0 Å². The molecule has 1 aliphatic carbocycles. The molecule has 0 unspecified atom stereocenters. The Morgan fingerprint density at radius 3 is 1.58 bits per heavy atom. The van der Waals surface area contributed by atoms with Crippen LogP contribution < -0.4 is 0 Å². The summed E-state index contributed by atoms with van der Waals surface area (Å²) in [5.41, 5.74) is 12.9. The molecule has 57 heavy (non-hydrogen) atoms. The van der Waals surface area contributed by atoms with Crippen molar-refractivity contribution in [3.63, 3.8) is 0 Å². The second-order valence-corrected chi connectivity index (χ2v) is 16.8. The molecule has 1 aliphatic heterocycles. The van der Waals surface area contributed by atoms with Crippen LogP contribution in [0.1, 0.15) is 22.3 Å². The van der Waals surface area contributed by atoms with Crippen LogP contribution in [-0.2, 0) is 5.41 Å². The van der Waals surface area contributed by atoms with Crippen LogP contribution in [-0.4, -0.2) is 15.0 Å². The van der Waals surface area contributed by atoms with Gasteiger partial charge in [-0.15, -0.1) is 11.3 Å². The minimum atomic E-state index is -0.415. The first-order valence-electron chi connectivity index (χ1n) is 19.2. The van der Waals surface area contributed by atoms with Crippen molar-refractivity contribution in [3.05, 3.63) is 210 Å². The van der Waals surface area contributed by atoms with Gasteiger partial charge in [0.2, 0.25) is 0 Å². The third kappa shape index (κ3) is 4.89. The fourth-order valence-corrected chi connectivity index (χ4v) is 11.5. The van der Waals surface area contributed by atoms with Crippen molar-refractivity contribution in [2.24, 2.45) is 0 Å². The highest BCUT2D eigenvalue weighted by Gasteiger charge is 2.50. The average molecular weight is 762 g/mol. The maximum Gasteiger partial charge on any atom is 0.164 e. The summed E-state index contributed by atoms with van der Waals surface area (Å²) in [5, 5.41) is 2.40. The first-order valence-corrected chi connectivity index (χ1v) is 20.8. The predicted molar refractivity (Wildman–Crippen MR) is 236 cm³/mol. The predicted octanol–water partition coefficient (Wildman–Crippen LogP) is 13.7. The van der Waals surface area contributed by atoms with E-state index in [9.17, 15) is 0 Å². The van der Waals surface area contributed by atoms with Crippen LogP contribution in [0.2, 0.25) is 0 Å². The lowest BCUT2D eigenvalue weighted by molar-refractivity contribution is 0.724. The molecule has 0 saturated heterocycles. The highest BCUT2D eigenvalue weighted by molar-refractivity contribution is 7.99. The summed E-state index contributed by atoms with van der Waals surface area (Å²) in [5.74, 6) is 1.98. The molecular formula is C52H31N3S2. The minimum absolute atomic E-state index is 0.415. The first-order chi connectivity index (χ1) is 28.2. The summed E-state index contributed by atoms with van der Waals surface area (Å²) < 4.78 is 2.47. The number of aromatic nitrogens is 3. The Hall–Kier alpha value is -6.66. The van der Waals surface area contributed by atoms with E-state index in [1.807, 2.05) is 47.4 Å². The first kappa shape index (κ1) is 32.6.